The van der Waals surface area contributed by atoms with E-state index < -0.39 is 5.91 Å². The molecule has 33 heavy (non-hydrogen) atoms. The fraction of sp³-hybridized carbons (Fsp3) is 0.0370. The van der Waals surface area contributed by atoms with E-state index in [1.165, 1.54) is 6.08 Å². The number of halogens is 2. The summed E-state index contributed by atoms with van der Waals surface area (Å²) < 4.78 is 5.95. The standard InChI is InChI=1S/C27H18Cl2N2O2/c28-22-8-4-9-23(15-22)31-27(32)21(16-30)13-18-11-12-26(25(29)14-18)33-17-20-7-3-6-19-5-1-2-10-24(19)20/h1-15H,17H2,(H,31,32)/b21-13+. The molecule has 4 aromatic rings. The summed E-state index contributed by atoms with van der Waals surface area (Å²) in [6, 6.07) is 27.9. The SMILES string of the molecule is N#C/C(=C\c1ccc(OCc2cccc3ccccc23)c(Cl)c1)C(=O)Nc1cccc(Cl)c1. The maximum atomic E-state index is 12.5. The van der Waals surface area contributed by atoms with Gasteiger partial charge < -0.3 is 10.1 Å². The van der Waals surface area contributed by atoms with E-state index in [0.29, 0.717) is 33.7 Å². The van der Waals surface area contributed by atoms with Gasteiger partial charge in [0, 0.05) is 10.7 Å². The third-order valence-electron chi connectivity index (χ3n) is 4.98. The van der Waals surface area contributed by atoms with Crippen molar-refractivity contribution >= 4 is 51.6 Å². The number of anilines is 1. The fourth-order valence-corrected chi connectivity index (χ4v) is 3.81. The zero-order chi connectivity index (χ0) is 23.2. The monoisotopic (exact) mass is 472 g/mol. The molecule has 0 aliphatic rings. The normalized spacial score (nSPS) is 11.1. The topological polar surface area (TPSA) is 62.1 Å². The lowest BCUT2D eigenvalue weighted by Crippen LogP contribution is -2.13. The van der Waals surface area contributed by atoms with E-state index in [9.17, 15) is 10.1 Å². The van der Waals surface area contributed by atoms with E-state index in [1.54, 1.807) is 42.5 Å². The van der Waals surface area contributed by atoms with Crippen molar-refractivity contribution in [3.8, 4) is 11.8 Å². The number of ether oxygens (including phenoxy) is 1. The van der Waals surface area contributed by atoms with Crippen molar-refractivity contribution in [3.63, 3.8) is 0 Å². The third kappa shape index (κ3) is 5.53. The molecule has 0 saturated carbocycles. The number of carbonyl (C=O) groups excluding carboxylic acids is 1. The van der Waals surface area contributed by atoms with Crippen LogP contribution in [-0.4, -0.2) is 5.91 Å². The van der Waals surface area contributed by atoms with Crippen LogP contribution in [0.1, 0.15) is 11.1 Å². The summed E-state index contributed by atoms with van der Waals surface area (Å²) in [5, 5.41) is 15.3. The number of hydrogen-bond acceptors (Lipinski definition) is 3. The molecular formula is C27H18Cl2N2O2. The van der Waals surface area contributed by atoms with Crippen LogP contribution in [0, 0.1) is 11.3 Å². The van der Waals surface area contributed by atoms with Gasteiger partial charge in [-0.1, -0.05) is 77.8 Å². The highest BCUT2D eigenvalue weighted by molar-refractivity contribution is 6.32. The second-order valence-corrected chi connectivity index (χ2v) is 8.09. The number of carbonyl (C=O) groups is 1. The smallest absolute Gasteiger partial charge is 0.266 e. The van der Waals surface area contributed by atoms with E-state index in [4.69, 9.17) is 27.9 Å². The quantitative estimate of drug-likeness (QED) is 0.237. The first kappa shape index (κ1) is 22.4. The largest absolute Gasteiger partial charge is 0.487 e. The van der Waals surface area contributed by atoms with Gasteiger partial charge in [-0.15, -0.1) is 0 Å². The summed E-state index contributed by atoms with van der Waals surface area (Å²) in [4.78, 5) is 12.5. The van der Waals surface area contributed by atoms with Crippen LogP contribution in [0.15, 0.2) is 90.5 Å². The average molecular weight is 473 g/mol. The lowest BCUT2D eigenvalue weighted by molar-refractivity contribution is -0.112. The second kappa shape index (κ2) is 10.2. The van der Waals surface area contributed by atoms with Gasteiger partial charge in [-0.2, -0.15) is 5.26 Å². The van der Waals surface area contributed by atoms with Crippen LogP contribution in [0.5, 0.6) is 5.75 Å². The molecule has 6 heteroatoms. The Morgan fingerprint density at radius 3 is 2.55 bits per heavy atom. The number of benzene rings is 4. The zero-order valence-corrected chi connectivity index (χ0v) is 18.9. The Labute approximate surface area is 201 Å². The van der Waals surface area contributed by atoms with Crippen LogP contribution in [0.3, 0.4) is 0 Å². The molecule has 162 valence electrons. The highest BCUT2D eigenvalue weighted by atomic mass is 35.5. The van der Waals surface area contributed by atoms with Gasteiger partial charge in [0.25, 0.3) is 5.91 Å². The molecule has 0 heterocycles. The second-order valence-electron chi connectivity index (χ2n) is 7.25. The van der Waals surface area contributed by atoms with Gasteiger partial charge in [0.15, 0.2) is 0 Å². The van der Waals surface area contributed by atoms with Crippen LogP contribution in [0.2, 0.25) is 10.0 Å². The minimum Gasteiger partial charge on any atom is -0.487 e. The van der Waals surface area contributed by atoms with Gasteiger partial charge in [0.05, 0.1) is 5.02 Å². The number of rotatable bonds is 6. The molecule has 0 fully saturated rings. The van der Waals surface area contributed by atoms with Gasteiger partial charge in [0.1, 0.15) is 24.0 Å². The molecule has 4 nitrogen and oxygen atoms in total. The molecule has 0 atom stereocenters. The van der Waals surface area contributed by atoms with Crippen LogP contribution < -0.4 is 10.1 Å². The molecular weight excluding hydrogens is 455 g/mol. The Balaban J connectivity index is 1.48. The molecule has 0 radical (unpaired) electrons. The van der Waals surface area contributed by atoms with Gasteiger partial charge in [-0.05, 0) is 58.3 Å². The predicted molar refractivity (Wildman–Crippen MR) is 133 cm³/mol. The van der Waals surface area contributed by atoms with Crippen LogP contribution >= 0.6 is 23.2 Å². The Morgan fingerprint density at radius 1 is 0.970 bits per heavy atom. The highest BCUT2D eigenvalue weighted by Gasteiger charge is 2.11. The first-order valence-electron chi connectivity index (χ1n) is 10.1. The molecule has 0 bridgehead atoms. The van der Waals surface area contributed by atoms with Crippen LogP contribution in [-0.2, 0) is 11.4 Å². The Morgan fingerprint density at radius 2 is 1.76 bits per heavy atom. The van der Waals surface area contributed by atoms with Crippen molar-refractivity contribution in [1.29, 1.82) is 5.26 Å². The first-order valence-corrected chi connectivity index (χ1v) is 10.9. The summed E-state index contributed by atoms with van der Waals surface area (Å²) in [5.74, 6) is -0.0178. The molecule has 0 unspecified atom stereocenters. The zero-order valence-electron chi connectivity index (χ0n) is 17.4. The molecule has 4 aromatic carbocycles. The summed E-state index contributed by atoms with van der Waals surface area (Å²) >= 11 is 12.4. The Bertz CT molecular complexity index is 1400. The van der Waals surface area contributed by atoms with Crippen molar-refractivity contribution in [3.05, 3.63) is 112 Å². The van der Waals surface area contributed by atoms with Crippen LogP contribution in [0.4, 0.5) is 5.69 Å². The number of nitriles is 1. The Hall–Kier alpha value is -3.78. The van der Waals surface area contributed by atoms with Crippen molar-refractivity contribution in [2.24, 2.45) is 0 Å². The molecule has 0 aromatic heterocycles. The van der Waals surface area contributed by atoms with Gasteiger partial charge in [-0.25, -0.2) is 0 Å². The molecule has 0 spiro atoms. The van der Waals surface area contributed by atoms with Crippen molar-refractivity contribution in [2.75, 3.05) is 5.32 Å². The highest BCUT2D eigenvalue weighted by Crippen LogP contribution is 2.28. The Kier molecular flexibility index (Phi) is 6.95. The average Bonchev–Trinajstić information content (AvgIpc) is 2.82. The summed E-state index contributed by atoms with van der Waals surface area (Å²) in [7, 11) is 0. The van der Waals surface area contributed by atoms with Crippen molar-refractivity contribution < 1.29 is 9.53 Å². The first-order chi connectivity index (χ1) is 16.0. The number of amides is 1. The molecule has 0 aliphatic heterocycles. The molecule has 4 rings (SSSR count). The molecule has 0 saturated heterocycles. The maximum Gasteiger partial charge on any atom is 0.266 e. The van der Waals surface area contributed by atoms with Gasteiger partial charge in [-0.3, -0.25) is 4.79 Å². The summed E-state index contributed by atoms with van der Waals surface area (Å²) in [5.41, 5.74) is 2.10. The van der Waals surface area contributed by atoms with Crippen molar-refractivity contribution in [2.45, 2.75) is 6.61 Å². The van der Waals surface area contributed by atoms with E-state index in [0.717, 1.165) is 16.3 Å². The summed E-state index contributed by atoms with van der Waals surface area (Å²) in [6.07, 6.45) is 1.47. The van der Waals surface area contributed by atoms with Crippen LogP contribution in [0.25, 0.3) is 16.8 Å². The predicted octanol–water partition coefficient (Wildman–Crippen LogP) is 7.27. The van der Waals surface area contributed by atoms with E-state index in [1.807, 2.05) is 30.3 Å². The molecule has 0 aliphatic carbocycles. The summed E-state index contributed by atoms with van der Waals surface area (Å²) in [6.45, 7) is 0.363. The number of nitrogens with zero attached hydrogens (tertiary/aromatic N) is 1. The molecule has 1 N–H and O–H groups in total. The fourth-order valence-electron chi connectivity index (χ4n) is 3.38. The third-order valence-corrected chi connectivity index (χ3v) is 5.51. The number of hydrogen-bond donors (Lipinski definition) is 1. The lowest BCUT2D eigenvalue weighted by Gasteiger charge is -2.11. The minimum absolute atomic E-state index is 0.0598. The van der Waals surface area contributed by atoms with Gasteiger partial charge in [0.2, 0.25) is 0 Å². The van der Waals surface area contributed by atoms with E-state index in [-0.39, 0.29) is 5.57 Å². The maximum absolute atomic E-state index is 12.5. The number of nitrogens with one attached hydrogen (secondary N) is 1. The lowest BCUT2D eigenvalue weighted by atomic mass is 10.1. The van der Waals surface area contributed by atoms with E-state index >= 15 is 0 Å². The number of fused-ring (bicyclic) bond motifs is 1. The van der Waals surface area contributed by atoms with Crippen molar-refractivity contribution in [1.82, 2.24) is 0 Å². The van der Waals surface area contributed by atoms with Gasteiger partial charge >= 0.3 is 0 Å². The minimum atomic E-state index is -0.535. The van der Waals surface area contributed by atoms with E-state index in [2.05, 4.69) is 23.5 Å². The molecule has 1 amide bonds.